The van der Waals surface area contributed by atoms with Crippen molar-refractivity contribution in [2.75, 3.05) is 27.8 Å². The highest BCUT2D eigenvalue weighted by atomic mass is 35.5. The smallest absolute Gasteiger partial charge is 0.164 e. The highest BCUT2D eigenvalue weighted by Crippen LogP contribution is 2.62. The van der Waals surface area contributed by atoms with Crippen LogP contribution in [0.4, 0.5) is 0 Å². The van der Waals surface area contributed by atoms with Crippen molar-refractivity contribution in [1.29, 1.82) is 0 Å². The second kappa shape index (κ2) is 9.37. The minimum atomic E-state index is -0.466. The molecular weight excluding hydrogens is 474 g/mol. The number of likely N-dealkylation sites (N-methyl/N-ethyl adjacent to an activating group) is 1. The molecule has 190 valence electrons. The Kier molecular flexibility index (Phi) is 6.52. The van der Waals surface area contributed by atoms with Gasteiger partial charge in [0.15, 0.2) is 11.5 Å². The fourth-order valence-corrected chi connectivity index (χ4v) is 7.27. The number of benzene rings is 3. The van der Waals surface area contributed by atoms with Gasteiger partial charge in [-0.25, -0.2) is 0 Å². The molecule has 2 bridgehead atoms. The van der Waals surface area contributed by atoms with E-state index in [1.54, 1.807) is 14.2 Å². The zero-order valence-corrected chi connectivity index (χ0v) is 22.0. The van der Waals surface area contributed by atoms with Crippen LogP contribution < -0.4 is 9.47 Å². The lowest BCUT2D eigenvalue weighted by atomic mass is 9.49. The van der Waals surface area contributed by atoms with Crippen molar-refractivity contribution in [2.45, 2.75) is 55.8 Å². The first kappa shape index (κ1) is 25.1. The van der Waals surface area contributed by atoms with Crippen LogP contribution in [0.15, 0.2) is 54.6 Å². The molecule has 0 aromatic heterocycles. The molecule has 5 nitrogen and oxygen atoms in total. The van der Waals surface area contributed by atoms with Gasteiger partial charge in [-0.2, -0.15) is 0 Å². The summed E-state index contributed by atoms with van der Waals surface area (Å²) < 4.78 is 18.8. The van der Waals surface area contributed by atoms with Crippen molar-refractivity contribution in [3.8, 4) is 11.5 Å². The average Bonchev–Trinajstić information content (AvgIpc) is 2.88. The normalized spacial score (nSPS) is 27.1. The summed E-state index contributed by atoms with van der Waals surface area (Å²) in [5.41, 5.74) is 2.65. The predicted octanol–water partition coefficient (Wildman–Crippen LogP) is 5.49. The molecule has 0 radical (unpaired) electrons. The van der Waals surface area contributed by atoms with Crippen LogP contribution >= 0.6 is 12.4 Å². The Bertz CT molecular complexity index is 1310. The molecule has 1 aliphatic heterocycles. The fraction of sp³-hybridized carbons (Fsp3) is 0.433. The van der Waals surface area contributed by atoms with E-state index in [0.717, 1.165) is 48.4 Å². The number of fused-ring (bicyclic) bond motifs is 2. The van der Waals surface area contributed by atoms with Gasteiger partial charge in [0.05, 0.1) is 26.4 Å². The van der Waals surface area contributed by atoms with Crippen LogP contribution in [0.3, 0.4) is 0 Å². The lowest BCUT2D eigenvalue weighted by molar-refractivity contribution is -0.202. The van der Waals surface area contributed by atoms with E-state index in [4.69, 9.17) is 14.2 Å². The SMILES string of the molecule is COc1ccc2c(c1OC)[C@]13CCN(C)[C@H](C2)[C@]1(OCc1ccc2ccccc2c1)CCC(=O)C3.Cl. The standard InChI is InChI=1S/C30H33NO4.ClH/c1-31-15-14-29-18-24(32)12-13-30(29,35-19-20-8-9-21-6-4-5-7-22(21)16-20)26(31)17-23-10-11-25(33-2)28(34-3)27(23)29;/h4-11,16,26H,12-15,17-19H2,1-3H3;1H/t26-,29-,30-;/m1./s1. The van der Waals surface area contributed by atoms with Crippen molar-refractivity contribution in [3.05, 3.63) is 71.3 Å². The van der Waals surface area contributed by atoms with Gasteiger partial charge in [0.25, 0.3) is 0 Å². The summed E-state index contributed by atoms with van der Waals surface area (Å²) in [7, 11) is 5.59. The van der Waals surface area contributed by atoms with Crippen LogP contribution in [0.5, 0.6) is 11.5 Å². The van der Waals surface area contributed by atoms with E-state index in [-0.39, 0.29) is 18.4 Å². The first-order valence-corrected chi connectivity index (χ1v) is 12.6. The largest absolute Gasteiger partial charge is 0.493 e. The van der Waals surface area contributed by atoms with E-state index in [1.165, 1.54) is 16.3 Å². The summed E-state index contributed by atoms with van der Waals surface area (Å²) in [6.07, 6.45) is 3.52. The molecule has 3 aromatic rings. The molecule has 0 unspecified atom stereocenters. The maximum absolute atomic E-state index is 13.1. The quantitative estimate of drug-likeness (QED) is 0.457. The van der Waals surface area contributed by atoms with Crippen LogP contribution in [0.2, 0.25) is 0 Å². The summed E-state index contributed by atoms with van der Waals surface area (Å²) in [6, 6.07) is 19.4. The molecule has 2 aliphatic carbocycles. The summed E-state index contributed by atoms with van der Waals surface area (Å²) >= 11 is 0. The van der Waals surface area contributed by atoms with E-state index in [1.807, 2.05) is 6.07 Å². The van der Waals surface area contributed by atoms with Crippen LogP contribution in [-0.4, -0.2) is 50.1 Å². The molecule has 36 heavy (non-hydrogen) atoms. The number of likely N-dealkylation sites (tertiary alicyclic amines) is 1. The zero-order chi connectivity index (χ0) is 24.2. The van der Waals surface area contributed by atoms with E-state index < -0.39 is 11.0 Å². The van der Waals surface area contributed by atoms with Crippen LogP contribution in [0, 0.1) is 0 Å². The second-order valence-electron chi connectivity index (χ2n) is 10.4. The minimum Gasteiger partial charge on any atom is -0.493 e. The summed E-state index contributed by atoms with van der Waals surface area (Å²) in [5.74, 6) is 1.80. The molecule has 1 heterocycles. The Morgan fingerprint density at radius 1 is 1.00 bits per heavy atom. The van der Waals surface area contributed by atoms with Crippen molar-refractivity contribution in [3.63, 3.8) is 0 Å². The molecule has 3 atom stereocenters. The molecule has 1 saturated heterocycles. The summed E-state index contributed by atoms with van der Waals surface area (Å²) in [5, 5.41) is 2.45. The molecule has 3 aromatic carbocycles. The average molecular weight is 508 g/mol. The van der Waals surface area contributed by atoms with Crippen LogP contribution in [-0.2, 0) is 28.0 Å². The van der Waals surface area contributed by atoms with Gasteiger partial charge in [0.1, 0.15) is 5.78 Å². The van der Waals surface area contributed by atoms with Gasteiger partial charge in [-0.1, -0.05) is 42.5 Å². The molecule has 2 fully saturated rings. The van der Waals surface area contributed by atoms with Gasteiger partial charge in [-0.05, 0) is 66.9 Å². The van der Waals surface area contributed by atoms with Gasteiger partial charge in [0.2, 0.25) is 0 Å². The molecule has 0 amide bonds. The summed E-state index contributed by atoms with van der Waals surface area (Å²) in [6.45, 7) is 1.45. The predicted molar refractivity (Wildman–Crippen MR) is 144 cm³/mol. The fourth-order valence-electron chi connectivity index (χ4n) is 7.27. The molecule has 0 spiro atoms. The summed E-state index contributed by atoms with van der Waals surface area (Å²) in [4.78, 5) is 15.5. The highest BCUT2D eigenvalue weighted by Gasteiger charge is 2.66. The number of carbonyl (C=O) groups excluding carboxylic acids is 1. The van der Waals surface area contributed by atoms with E-state index >= 15 is 0 Å². The first-order valence-electron chi connectivity index (χ1n) is 12.6. The number of rotatable bonds is 5. The number of hydrogen-bond donors (Lipinski definition) is 0. The molecule has 1 saturated carbocycles. The van der Waals surface area contributed by atoms with Crippen LogP contribution in [0.1, 0.15) is 42.4 Å². The Balaban J connectivity index is 0.00000267. The number of ketones is 1. The number of hydrogen-bond acceptors (Lipinski definition) is 5. The minimum absolute atomic E-state index is 0. The third kappa shape index (κ3) is 3.55. The number of piperidine rings is 1. The Hall–Kier alpha value is -2.60. The lowest BCUT2D eigenvalue weighted by Crippen LogP contribution is -2.73. The highest BCUT2D eigenvalue weighted by molar-refractivity contribution is 5.85. The van der Waals surface area contributed by atoms with Crippen LogP contribution in [0.25, 0.3) is 10.8 Å². The first-order chi connectivity index (χ1) is 17.0. The van der Waals surface area contributed by atoms with Crippen molar-refractivity contribution < 1.29 is 19.0 Å². The number of halogens is 1. The number of methoxy groups -OCH3 is 2. The van der Waals surface area contributed by atoms with Crippen molar-refractivity contribution in [1.82, 2.24) is 4.90 Å². The topological polar surface area (TPSA) is 48.0 Å². The Morgan fingerprint density at radius 3 is 2.58 bits per heavy atom. The molecular formula is C30H34ClNO4. The molecule has 6 heteroatoms. The zero-order valence-electron chi connectivity index (χ0n) is 21.2. The Morgan fingerprint density at radius 2 is 1.81 bits per heavy atom. The third-order valence-electron chi connectivity index (χ3n) is 8.88. The number of ether oxygens (including phenoxy) is 3. The Labute approximate surface area is 219 Å². The van der Waals surface area contributed by atoms with E-state index in [2.05, 4.69) is 60.5 Å². The maximum atomic E-state index is 13.1. The lowest BCUT2D eigenvalue weighted by Gasteiger charge is -2.64. The molecule has 0 N–H and O–H groups in total. The third-order valence-corrected chi connectivity index (χ3v) is 8.88. The van der Waals surface area contributed by atoms with Gasteiger partial charge < -0.3 is 19.1 Å². The monoisotopic (exact) mass is 507 g/mol. The molecule has 3 aliphatic rings. The van der Waals surface area contributed by atoms with E-state index in [9.17, 15) is 4.79 Å². The van der Waals surface area contributed by atoms with Gasteiger partial charge in [-0.3, -0.25) is 4.79 Å². The van der Waals surface area contributed by atoms with Gasteiger partial charge in [-0.15, -0.1) is 12.4 Å². The van der Waals surface area contributed by atoms with Crippen molar-refractivity contribution in [2.24, 2.45) is 0 Å². The van der Waals surface area contributed by atoms with Crippen molar-refractivity contribution >= 4 is 29.0 Å². The molecule has 6 rings (SSSR count). The van der Waals surface area contributed by atoms with Gasteiger partial charge >= 0.3 is 0 Å². The van der Waals surface area contributed by atoms with Gasteiger partial charge in [0, 0.05) is 29.9 Å². The maximum Gasteiger partial charge on any atom is 0.164 e. The van der Waals surface area contributed by atoms with E-state index in [0.29, 0.717) is 25.2 Å². The number of nitrogens with zero attached hydrogens (tertiary/aromatic N) is 1. The number of Topliss-reactive ketones (excluding diaryl/α,β-unsaturated/α-hetero) is 1. The second-order valence-corrected chi connectivity index (χ2v) is 10.4. The number of carbonyl (C=O) groups is 1.